The molecule has 0 nitrogen and oxygen atoms in total. The van der Waals surface area contributed by atoms with Gasteiger partial charge in [-0.2, -0.15) is 0 Å². The van der Waals surface area contributed by atoms with Gasteiger partial charge in [-0.3, -0.25) is 0 Å². The SMILES string of the molecule is CC[C@@H](C)CCCC(=C/I)/C=C/c1ccccc1. The fourth-order valence-electron chi connectivity index (χ4n) is 1.80. The summed E-state index contributed by atoms with van der Waals surface area (Å²) in [4.78, 5) is 0. The molecule has 1 rings (SSSR count). The van der Waals surface area contributed by atoms with Gasteiger partial charge >= 0.3 is 0 Å². The minimum absolute atomic E-state index is 0.860. The highest BCUT2D eigenvalue weighted by Gasteiger charge is 1.99. The van der Waals surface area contributed by atoms with E-state index in [1.54, 1.807) is 0 Å². The molecule has 0 N–H and O–H groups in total. The minimum atomic E-state index is 0.860. The van der Waals surface area contributed by atoms with Crippen LogP contribution in [0.15, 0.2) is 46.1 Å². The number of benzene rings is 1. The molecule has 0 radical (unpaired) electrons. The van der Waals surface area contributed by atoms with Crippen LogP contribution in [0.1, 0.15) is 45.1 Å². The van der Waals surface area contributed by atoms with Crippen LogP contribution in [0, 0.1) is 5.92 Å². The maximum Gasteiger partial charge on any atom is -0.0202 e. The van der Waals surface area contributed by atoms with Gasteiger partial charge in [0.05, 0.1) is 0 Å². The van der Waals surface area contributed by atoms with Gasteiger partial charge < -0.3 is 0 Å². The molecular formula is C17H23I. The Bertz CT molecular complexity index is 376. The standard InChI is InChI=1S/C17H23I/c1-3-15(2)8-7-11-17(14-18)13-12-16-9-5-4-6-10-16/h4-6,9-10,12-15H,3,7-8,11H2,1-2H3/b13-12+,17-14-/t15-/m1/s1. The summed E-state index contributed by atoms with van der Waals surface area (Å²) in [6, 6.07) is 10.5. The molecule has 0 saturated carbocycles. The molecule has 0 saturated heterocycles. The summed E-state index contributed by atoms with van der Waals surface area (Å²) < 4.78 is 2.20. The fraction of sp³-hybridized carbons (Fsp3) is 0.412. The van der Waals surface area contributed by atoms with Crippen LogP contribution in [0.3, 0.4) is 0 Å². The molecule has 0 fully saturated rings. The first-order chi connectivity index (χ1) is 8.76. The maximum absolute atomic E-state index is 2.35. The molecule has 0 spiro atoms. The highest BCUT2D eigenvalue weighted by molar-refractivity contribution is 14.1. The Kier molecular flexibility index (Phi) is 8.06. The van der Waals surface area contributed by atoms with Gasteiger partial charge in [0.15, 0.2) is 0 Å². The predicted octanol–water partition coefficient (Wildman–Crippen LogP) is 6.24. The lowest BCUT2D eigenvalue weighted by molar-refractivity contribution is 0.496. The first kappa shape index (κ1) is 15.5. The topological polar surface area (TPSA) is 0 Å². The van der Waals surface area contributed by atoms with E-state index in [4.69, 9.17) is 0 Å². The van der Waals surface area contributed by atoms with E-state index in [1.165, 1.54) is 36.8 Å². The average molecular weight is 354 g/mol. The second-order valence-corrected chi connectivity index (χ2v) is 5.46. The van der Waals surface area contributed by atoms with Crippen LogP contribution in [-0.2, 0) is 0 Å². The van der Waals surface area contributed by atoms with Gasteiger partial charge in [-0.25, -0.2) is 0 Å². The smallest absolute Gasteiger partial charge is 0.0202 e. The van der Waals surface area contributed by atoms with E-state index < -0.39 is 0 Å². The molecule has 0 aliphatic heterocycles. The molecule has 98 valence electrons. The van der Waals surface area contributed by atoms with E-state index in [0.29, 0.717) is 0 Å². The van der Waals surface area contributed by atoms with Crippen molar-refractivity contribution in [2.75, 3.05) is 0 Å². The molecule has 0 aliphatic rings. The van der Waals surface area contributed by atoms with Gasteiger partial charge in [0.1, 0.15) is 0 Å². The van der Waals surface area contributed by atoms with Crippen molar-refractivity contribution in [3.05, 3.63) is 51.6 Å². The molecule has 1 heteroatoms. The second-order valence-electron chi connectivity index (χ2n) is 4.83. The zero-order chi connectivity index (χ0) is 13.2. The Labute approximate surface area is 125 Å². The molecule has 1 aromatic rings. The number of rotatable bonds is 7. The zero-order valence-electron chi connectivity index (χ0n) is 11.4. The van der Waals surface area contributed by atoms with Crippen LogP contribution in [0.25, 0.3) is 6.08 Å². The van der Waals surface area contributed by atoms with Crippen molar-refractivity contribution >= 4 is 28.7 Å². The Balaban J connectivity index is 2.41. The van der Waals surface area contributed by atoms with Crippen molar-refractivity contribution in [2.45, 2.75) is 39.5 Å². The fourth-order valence-corrected chi connectivity index (χ4v) is 2.32. The van der Waals surface area contributed by atoms with Gasteiger partial charge in [-0.15, -0.1) is 0 Å². The third kappa shape index (κ3) is 6.39. The monoisotopic (exact) mass is 354 g/mol. The molecule has 0 aromatic heterocycles. The summed E-state index contributed by atoms with van der Waals surface area (Å²) in [5.74, 6) is 0.860. The van der Waals surface area contributed by atoms with Crippen molar-refractivity contribution in [1.82, 2.24) is 0 Å². The van der Waals surface area contributed by atoms with E-state index in [0.717, 1.165) is 5.92 Å². The van der Waals surface area contributed by atoms with Crippen molar-refractivity contribution in [2.24, 2.45) is 5.92 Å². The van der Waals surface area contributed by atoms with E-state index >= 15 is 0 Å². The van der Waals surface area contributed by atoms with E-state index in [1.807, 2.05) is 0 Å². The molecule has 0 unspecified atom stereocenters. The van der Waals surface area contributed by atoms with Crippen LogP contribution in [0.2, 0.25) is 0 Å². The first-order valence-corrected chi connectivity index (χ1v) is 8.03. The number of halogens is 1. The third-order valence-electron chi connectivity index (χ3n) is 3.29. The van der Waals surface area contributed by atoms with Gasteiger partial charge in [0, 0.05) is 0 Å². The highest BCUT2D eigenvalue weighted by Crippen LogP contribution is 2.17. The number of hydrogen-bond donors (Lipinski definition) is 0. The Hall–Kier alpha value is -0.570. The van der Waals surface area contributed by atoms with E-state index in [9.17, 15) is 0 Å². The normalized spacial score (nSPS) is 14.1. The van der Waals surface area contributed by atoms with Crippen molar-refractivity contribution in [3.63, 3.8) is 0 Å². The molecule has 18 heavy (non-hydrogen) atoms. The molecule has 0 aliphatic carbocycles. The molecule has 0 amide bonds. The minimum Gasteiger partial charge on any atom is -0.0651 e. The highest BCUT2D eigenvalue weighted by atomic mass is 127. The van der Waals surface area contributed by atoms with Crippen LogP contribution >= 0.6 is 22.6 Å². The maximum atomic E-state index is 2.35. The summed E-state index contributed by atoms with van der Waals surface area (Å²) in [5.41, 5.74) is 2.71. The largest absolute Gasteiger partial charge is 0.0651 e. The van der Waals surface area contributed by atoms with Crippen LogP contribution in [-0.4, -0.2) is 0 Å². The Morgan fingerprint density at radius 1 is 1.28 bits per heavy atom. The summed E-state index contributed by atoms with van der Waals surface area (Å²) in [7, 11) is 0. The zero-order valence-corrected chi connectivity index (χ0v) is 13.6. The first-order valence-electron chi connectivity index (χ1n) is 6.78. The van der Waals surface area contributed by atoms with E-state index in [2.05, 4.69) is 83.0 Å². The Morgan fingerprint density at radius 2 is 2.00 bits per heavy atom. The van der Waals surface area contributed by atoms with Gasteiger partial charge in [0.25, 0.3) is 0 Å². The second kappa shape index (κ2) is 9.37. The summed E-state index contributed by atoms with van der Waals surface area (Å²) in [5, 5.41) is 0. The summed E-state index contributed by atoms with van der Waals surface area (Å²) >= 11 is 2.35. The average Bonchev–Trinajstić information content (AvgIpc) is 2.43. The number of hydrogen-bond acceptors (Lipinski definition) is 0. The molecule has 1 atom stereocenters. The van der Waals surface area contributed by atoms with Crippen molar-refractivity contribution < 1.29 is 0 Å². The Morgan fingerprint density at radius 3 is 2.61 bits per heavy atom. The van der Waals surface area contributed by atoms with Gasteiger partial charge in [-0.05, 0) is 34.0 Å². The lowest BCUT2D eigenvalue weighted by atomic mass is 9.99. The molecular weight excluding hydrogens is 331 g/mol. The molecule has 0 heterocycles. The summed E-state index contributed by atoms with van der Waals surface area (Å²) in [6.07, 6.45) is 9.57. The van der Waals surface area contributed by atoms with Crippen molar-refractivity contribution in [1.29, 1.82) is 0 Å². The van der Waals surface area contributed by atoms with E-state index in [-0.39, 0.29) is 0 Å². The van der Waals surface area contributed by atoms with Crippen molar-refractivity contribution in [3.8, 4) is 0 Å². The lowest BCUT2D eigenvalue weighted by Gasteiger charge is -2.07. The molecule has 0 bridgehead atoms. The van der Waals surface area contributed by atoms with Gasteiger partial charge in [0.2, 0.25) is 0 Å². The van der Waals surface area contributed by atoms with Gasteiger partial charge in [-0.1, -0.05) is 91.8 Å². The quantitative estimate of drug-likeness (QED) is 0.402. The lowest BCUT2D eigenvalue weighted by Crippen LogP contribution is -1.92. The third-order valence-corrected chi connectivity index (χ3v) is 4.09. The summed E-state index contributed by atoms with van der Waals surface area (Å²) in [6.45, 7) is 4.61. The predicted molar refractivity (Wildman–Crippen MR) is 90.9 cm³/mol. The molecule has 1 aromatic carbocycles. The van der Waals surface area contributed by atoms with Crippen LogP contribution < -0.4 is 0 Å². The van der Waals surface area contributed by atoms with Crippen LogP contribution in [0.4, 0.5) is 0 Å². The number of allylic oxidation sites excluding steroid dienone is 2. The van der Waals surface area contributed by atoms with Crippen LogP contribution in [0.5, 0.6) is 0 Å².